The SMILES string of the molecule is CCNCc1ccc(S(=O)(=O)NC(C)c2ncc(C)s2)s1. The summed E-state index contributed by atoms with van der Waals surface area (Å²) in [4.78, 5) is 6.30. The highest BCUT2D eigenvalue weighted by Crippen LogP contribution is 2.25. The molecule has 2 aromatic heterocycles. The topological polar surface area (TPSA) is 71.1 Å². The lowest BCUT2D eigenvalue weighted by Crippen LogP contribution is -2.26. The first-order valence-electron chi connectivity index (χ1n) is 6.66. The molecule has 1 unspecified atom stereocenters. The van der Waals surface area contributed by atoms with Gasteiger partial charge in [-0.3, -0.25) is 0 Å². The number of hydrogen-bond donors (Lipinski definition) is 2. The Hall–Kier alpha value is -0.800. The molecule has 116 valence electrons. The third-order valence-electron chi connectivity index (χ3n) is 2.79. The van der Waals surface area contributed by atoms with Crippen LogP contribution in [0.5, 0.6) is 0 Å². The van der Waals surface area contributed by atoms with E-state index < -0.39 is 10.0 Å². The second kappa shape index (κ2) is 6.97. The molecular formula is C13H19N3O2S3. The summed E-state index contributed by atoms with van der Waals surface area (Å²) in [7, 11) is -3.50. The van der Waals surface area contributed by atoms with E-state index in [-0.39, 0.29) is 6.04 Å². The molecule has 2 rings (SSSR count). The molecule has 2 aromatic rings. The van der Waals surface area contributed by atoms with Crippen LogP contribution in [0.4, 0.5) is 0 Å². The molecule has 8 heteroatoms. The van der Waals surface area contributed by atoms with E-state index in [1.165, 1.54) is 22.7 Å². The van der Waals surface area contributed by atoms with Crippen molar-refractivity contribution in [3.05, 3.63) is 33.1 Å². The monoisotopic (exact) mass is 345 g/mol. The summed E-state index contributed by atoms with van der Waals surface area (Å²) in [5, 5.41) is 3.96. The fraction of sp³-hybridized carbons (Fsp3) is 0.462. The van der Waals surface area contributed by atoms with Gasteiger partial charge in [-0.1, -0.05) is 6.92 Å². The van der Waals surface area contributed by atoms with Gasteiger partial charge in [0, 0.05) is 22.5 Å². The Morgan fingerprint density at radius 2 is 2.10 bits per heavy atom. The second-order valence-corrected chi connectivity index (χ2v) is 9.03. The number of rotatable bonds is 7. The normalized spacial score (nSPS) is 13.5. The van der Waals surface area contributed by atoms with Crippen LogP contribution in [0.2, 0.25) is 0 Å². The standard InChI is InChI=1S/C13H19N3O2S3/c1-4-14-8-11-5-6-12(20-11)21(17,18)16-10(3)13-15-7-9(2)19-13/h5-7,10,14,16H,4,8H2,1-3H3. The van der Waals surface area contributed by atoms with Gasteiger partial charge in [0.15, 0.2) is 0 Å². The molecule has 0 aliphatic rings. The van der Waals surface area contributed by atoms with Gasteiger partial charge in [-0.25, -0.2) is 18.1 Å². The zero-order chi connectivity index (χ0) is 15.5. The van der Waals surface area contributed by atoms with Crippen LogP contribution in [-0.2, 0) is 16.6 Å². The molecule has 2 heterocycles. The summed E-state index contributed by atoms with van der Waals surface area (Å²) in [6.45, 7) is 7.33. The summed E-state index contributed by atoms with van der Waals surface area (Å²) in [5.74, 6) is 0. The lowest BCUT2D eigenvalue weighted by Gasteiger charge is -2.10. The van der Waals surface area contributed by atoms with Crippen LogP contribution in [-0.4, -0.2) is 19.9 Å². The predicted molar refractivity (Wildman–Crippen MR) is 87.3 cm³/mol. The molecule has 0 fully saturated rings. The molecule has 0 radical (unpaired) electrons. The highest BCUT2D eigenvalue weighted by atomic mass is 32.2. The van der Waals surface area contributed by atoms with Gasteiger partial charge in [-0.05, 0) is 32.5 Å². The van der Waals surface area contributed by atoms with Gasteiger partial charge in [-0.2, -0.15) is 0 Å². The van der Waals surface area contributed by atoms with Gasteiger partial charge in [-0.15, -0.1) is 22.7 Å². The van der Waals surface area contributed by atoms with E-state index >= 15 is 0 Å². The highest BCUT2D eigenvalue weighted by molar-refractivity contribution is 7.91. The fourth-order valence-corrected chi connectivity index (χ4v) is 5.16. The maximum absolute atomic E-state index is 12.4. The van der Waals surface area contributed by atoms with Gasteiger partial charge in [0.05, 0.1) is 6.04 Å². The number of sulfonamides is 1. The third kappa shape index (κ3) is 4.33. The number of thiophene rings is 1. The molecule has 2 N–H and O–H groups in total. The van der Waals surface area contributed by atoms with Gasteiger partial charge in [0.1, 0.15) is 9.22 Å². The first-order valence-corrected chi connectivity index (χ1v) is 9.78. The van der Waals surface area contributed by atoms with E-state index in [4.69, 9.17) is 0 Å². The molecule has 0 aliphatic heterocycles. The Bertz CT molecular complexity index is 691. The van der Waals surface area contributed by atoms with Crippen molar-refractivity contribution in [2.75, 3.05) is 6.54 Å². The summed E-state index contributed by atoms with van der Waals surface area (Å²) >= 11 is 2.80. The minimum Gasteiger partial charge on any atom is -0.312 e. The van der Waals surface area contributed by atoms with Gasteiger partial charge in [0.25, 0.3) is 10.0 Å². The van der Waals surface area contributed by atoms with E-state index in [2.05, 4.69) is 15.0 Å². The van der Waals surface area contributed by atoms with Crippen molar-refractivity contribution in [2.24, 2.45) is 0 Å². The molecule has 21 heavy (non-hydrogen) atoms. The number of aromatic nitrogens is 1. The Morgan fingerprint density at radius 3 is 2.71 bits per heavy atom. The van der Waals surface area contributed by atoms with Gasteiger partial charge < -0.3 is 5.32 Å². The maximum Gasteiger partial charge on any atom is 0.250 e. The summed E-state index contributed by atoms with van der Waals surface area (Å²) < 4.78 is 27.8. The summed E-state index contributed by atoms with van der Waals surface area (Å²) in [6, 6.07) is 3.17. The third-order valence-corrected chi connectivity index (χ3v) is 7.01. The van der Waals surface area contributed by atoms with E-state index in [0.29, 0.717) is 10.8 Å². The maximum atomic E-state index is 12.4. The number of hydrogen-bond acceptors (Lipinski definition) is 6. The molecule has 0 saturated carbocycles. The van der Waals surface area contributed by atoms with Crippen molar-refractivity contribution in [3.63, 3.8) is 0 Å². The first kappa shape index (κ1) is 16.6. The minimum absolute atomic E-state index is 0.326. The highest BCUT2D eigenvalue weighted by Gasteiger charge is 2.21. The van der Waals surface area contributed by atoms with Crippen LogP contribution in [0.3, 0.4) is 0 Å². The quantitative estimate of drug-likeness (QED) is 0.809. The molecule has 0 aromatic carbocycles. The van der Waals surface area contributed by atoms with Crippen LogP contribution in [0.1, 0.15) is 34.7 Å². The molecular weight excluding hydrogens is 326 g/mol. The van der Waals surface area contributed by atoms with Crippen molar-refractivity contribution >= 4 is 32.7 Å². The van der Waals surface area contributed by atoms with Gasteiger partial charge >= 0.3 is 0 Å². The van der Waals surface area contributed by atoms with E-state index in [1.54, 1.807) is 12.3 Å². The van der Waals surface area contributed by atoms with Gasteiger partial charge in [0.2, 0.25) is 0 Å². The van der Waals surface area contributed by atoms with Crippen LogP contribution in [0.15, 0.2) is 22.5 Å². The lowest BCUT2D eigenvalue weighted by atomic mass is 10.4. The van der Waals surface area contributed by atoms with Crippen molar-refractivity contribution < 1.29 is 8.42 Å². The average Bonchev–Trinajstić information content (AvgIpc) is 3.05. The molecule has 0 spiro atoms. The second-order valence-electron chi connectivity index (χ2n) is 4.65. The first-order chi connectivity index (χ1) is 9.92. The fourth-order valence-electron chi connectivity index (χ4n) is 1.76. The smallest absolute Gasteiger partial charge is 0.250 e. The van der Waals surface area contributed by atoms with E-state index in [9.17, 15) is 8.42 Å². The van der Waals surface area contributed by atoms with Crippen LogP contribution >= 0.6 is 22.7 Å². The number of nitrogens with one attached hydrogen (secondary N) is 2. The van der Waals surface area contributed by atoms with Crippen molar-refractivity contribution in [1.29, 1.82) is 0 Å². The minimum atomic E-state index is -3.50. The van der Waals surface area contributed by atoms with Crippen molar-refractivity contribution in [3.8, 4) is 0 Å². The Morgan fingerprint density at radius 1 is 1.33 bits per heavy atom. The largest absolute Gasteiger partial charge is 0.312 e. The molecule has 0 saturated heterocycles. The molecule has 0 amide bonds. The Kier molecular flexibility index (Phi) is 5.50. The molecule has 5 nitrogen and oxygen atoms in total. The summed E-state index contributed by atoms with van der Waals surface area (Å²) in [6.07, 6.45) is 1.75. The average molecular weight is 346 g/mol. The number of thiazole rings is 1. The van der Waals surface area contributed by atoms with Crippen molar-refractivity contribution in [1.82, 2.24) is 15.0 Å². The zero-order valence-corrected chi connectivity index (χ0v) is 14.7. The Balaban J connectivity index is 2.09. The molecule has 1 atom stereocenters. The van der Waals surface area contributed by atoms with Crippen molar-refractivity contribution in [2.45, 2.75) is 37.6 Å². The number of nitrogens with zero attached hydrogens (tertiary/aromatic N) is 1. The number of aryl methyl sites for hydroxylation is 1. The van der Waals surface area contributed by atoms with E-state index in [1.807, 2.05) is 26.8 Å². The van der Waals surface area contributed by atoms with Crippen LogP contribution in [0, 0.1) is 6.92 Å². The molecule has 0 bridgehead atoms. The zero-order valence-electron chi connectivity index (χ0n) is 12.2. The Labute approximate surface area is 133 Å². The predicted octanol–water partition coefficient (Wildman–Crippen LogP) is 2.66. The van der Waals surface area contributed by atoms with Crippen LogP contribution in [0.25, 0.3) is 0 Å². The molecule has 0 aliphatic carbocycles. The lowest BCUT2D eigenvalue weighted by molar-refractivity contribution is 0.568. The van der Waals surface area contributed by atoms with Crippen LogP contribution < -0.4 is 10.0 Å². The summed E-state index contributed by atoms with van der Waals surface area (Å²) in [5.41, 5.74) is 0. The van der Waals surface area contributed by atoms with E-state index in [0.717, 1.165) is 21.3 Å².